The summed E-state index contributed by atoms with van der Waals surface area (Å²) in [5.41, 5.74) is 2.50. The maximum Gasteiger partial charge on any atom is 0.134 e. The van der Waals surface area contributed by atoms with Crippen LogP contribution in [0.1, 0.15) is 11.1 Å². The first kappa shape index (κ1) is 15.2. The van der Waals surface area contributed by atoms with Gasteiger partial charge >= 0.3 is 0 Å². The first-order chi connectivity index (χ1) is 8.25. The lowest BCUT2D eigenvalue weighted by Gasteiger charge is -1.99. The van der Waals surface area contributed by atoms with Gasteiger partial charge in [-0.1, -0.05) is 48.0 Å². The molecule has 0 amide bonds. The average Bonchev–Trinajstić information content (AvgIpc) is 2.35. The summed E-state index contributed by atoms with van der Waals surface area (Å²) >= 11 is 7.19. The normalized spacial score (nSPS) is 9.83. The van der Waals surface area contributed by atoms with Gasteiger partial charge in [0, 0.05) is 11.1 Å². The molecule has 0 saturated heterocycles. The Morgan fingerprint density at radius 2 is 1.61 bits per heavy atom. The van der Waals surface area contributed by atoms with E-state index < -0.39 is 0 Å². The van der Waals surface area contributed by atoms with Crippen LogP contribution in [0.4, 0.5) is 0 Å². The van der Waals surface area contributed by atoms with Crippen LogP contribution in [0.3, 0.4) is 0 Å². The van der Waals surface area contributed by atoms with E-state index in [0.717, 1.165) is 17.1 Å². The maximum absolute atomic E-state index is 9.31. The zero-order valence-corrected chi connectivity index (χ0v) is 12.1. The predicted molar refractivity (Wildman–Crippen MR) is 75.7 cm³/mol. The van der Waals surface area contributed by atoms with E-state index in [1.807, 2.05) is 18.2 Å². The van der Waals surface area contributed by atoms with Crippen LogP contribution < -0.4 is 12.4 Å². The Morgan fingerprint density at radius 3 is 2.28 bits per heavy atom. The Balaban J connectivity index is 0.00000162. The lowest BCUT2D eigenvalue weighted by molar-refractivity contribution is -0.00000433. The summed E-state index contributed by atoms with van der Waals surface area (Å²) in [4.78, 5) is 0. The van der Waals surface area contributed by atoms with Gasteiger partial charge in [0.1, 0.15) is 17.3 Å². The minimum Gasteiger partial charge on any atom is -1.00 e. The zero-order chi connectivity index (χ0) is 12.1. The smallest absolute Gasteiger partial charge is 0.134 e. The van der Waals surface area contributed by atoms with Gasteiger partial charge in [-0.2, -0.15) is 0 Å². The van der Waals surface area contributed by atoms with Gasteiger partial charge in [-0.3, -0.25) is 0 Å². The molecule has 4 heteroatoms. The summed E-state index contributed by atoms with van der Waals surface area (Å²) in [5.74, 6) is 2.14. The molecule has 0 bridgehead atoms. The molecule has 1 N–H and O–H groups in total. The zero-order valence-electron chi connectivity index (χ0n) is 9.68. The van der Waals surface area contributed by atoms with E-state index in [1.165, 1.54) is 17.3 Å². The first-order valence-electron chi connectivity index (χ1n) is 5.40. The molecule has 0 fully saturated rings. The summed E-state index contributed by atoms with van der Waals surface area (Å²) in [7, 11) is 0. The summed E-state index contributed by atoms with van der Waals surface area (Å²) in [5, 5.41) is 9.74. The largest absolute Gasteiger partial charge is 1.00 e. The number of hydrogen-bond donors (Lipinski definition) is 1. The minimum atomic E-state index is 0. The fraction of sp³-hybridized carbons (Fsp3) is 0.143. The van der Waals surface area contributed by atoms with Gasteiger partial charge in [-0.15, -0.1) is 0 Å². The SMILES string of the molecule is Oc1ccc(C[SH+]Cc2ccccc2)cc1Cl.[Cl-]. The predicted octanol–water partition coefficient (Wildman–Crippen LogP) is 0.565. The van der Waals surface area contributed by atoms with E-state index >= 15 is 0 Å². The number of thiol groups is 1. The molecule has 0 spiro atoms. The van der Waals surface area contributed by atoms with Crippen LogP contribution in [0.2, 0.25) is 5.02 Å². The van der Waals surface area contributed by atoms with Crippen molar-refractivity contribution in [2.75, 3.05) is 0 Å². The van der Waals surface area contributed by atoms with Gasteiger partial charge in [0.25, 0.3) is 0 Å². The molecule has 0 aromatic heterocycles. The van der Waals surface area contributed by atoms with Gasteiger partial charge in [-0.25, -0.2) is 0 Å². The van der Waals surface area contributed by atoms with E-state index in [4.69, 9.17) is 11.6 Å². The number of hydrogen-bond acceptors (Lipinski definition) is 1. The number of benzene rings is 2. The van der Waals surface area contributed by atoms with Crippen molar-refractivity contribution in [1.82, 2.24) is 0 Å². The third kappa shape index (κ3) is 4.45. The summed E-state index contributed by atoms with van der Waals surface area (Å²) in [6.07, 6.45) is 0. The lowest BCUT2D eigenvalue weighted by atomic mass is 10.2. The summed E-state index contributed by atoms with van der Waals surface area (Å²) < 4.78 is 0. The molecule has 2 rings (SSSR count). The molecule has 0 radical (unpaired) electrons. The molecule has 0 aliphatic carbocycles. The van der Waals surface area contributed by atoms with E-state index in [2.05, 4.69) is 24.3 Å². The molecule has 0 saturated carbocycles. The van der Waals surface area contributed by atoms with Crippen LogP contribution in [0, 0.1) is 0 Å². The van der Waals surface area contributed by atoms with Crippen molar-refractivity contribution in [3.63, 3.8) is 0 Å². The van der Waals surface area contributed by atoms with Gasteiger partial charge in [-0.05, 0) is 23.9 Å². The monoisotopic (exact) mass is 300 g/mol. The van der Waals surface area contributed by atoms with Crippen molar-refractivity contribution < 1.29 is 17.5 Å². The second-order valence-electron chi connectivity index (χ2n) is 3.81. The highest BCUT2D eigenvalue weighted by Crippen LogP contribution is 2.24. The van der Waals surface area contributed by atoms with Crippen LogP contribution in [0.25, 0.3) is 0 Å². The van der Waals surface area contributed by atoms with Crippen LogP contribution in [0.15, 0.2) is 48.5 Å². The van der Waals surface area contributed by atoms with E-state index in [1.54, 1.807) is 6.07 Å². The standard InChI is InChI=1S/C14H13ClOS.ClH/c15-13-8-12(6-7-14(13)16)10-17-9-11-4-2-1-3-5-11;/h1-8,16H,9-10H2;1H. The Hall–Kier alpha value is -0.830. The summed E-state index contributed by atoms with van der Waals surface area (Å²) in [6.45, 7) is 0. The summed E-state index contributed by atoms with van der Waals surface area (Å²) in [6, 6.07) is 15.8. The molecular weight excluding hydrogens is 287 g/mol. The fourth-order valence-electron chi connectivity index (χ4n) is 1.55. The second-order valence-corrected chi connectivity index (χ2v) is 5.30. The molecule has 0 unspecified atom stereocenters. The first-order valence-corrected chi connectivity index (χ1v) is 7.04. The Labute approximate surface area is 123 Å². The molecule has 0 aliphatic heterocycles. The van der Waals surface area contributed by atoms with Crippen molar-refractivity contribution in [3.05, 3.63) is 64.7 Å². The van der Waals surface area contributed by atoms with Gasteiger partial charge in [0.2, 0.25) is 0 Å². The molecule has 96 valence electrons. The molecular formula is C14H14Cl2OS. The molecule has 0 atom stereocenters. The molecule has 0 heterocycles. The Bertz CT molecular complexity index is 488. The molecule has 18 heavy (non-hydrogen) atoms. The third-order valence-corrected chi connectivity index (χ3v) is 3.92. The highest BCUT2D eigenvalue weighted by Gasteiger charge is 2.05. The van der Waals surface area contributed by atoms with Crippen LogP contribution in [-0.4, -0.2) is 5.11 Å². The van der Waals surface area contributed by atoms with E-state index in [9.17, 15) is 5.11 Å². The van der Waals surface area contributed by atoms with Crippen molar-refractivity contribution in [2.24, 2.45) is 0 Å². The lowest BCUT2D eigenvalue weighted by Crippen LogP contribution is -3.00. The van der Waals surface area contributed by atoms with Crippen LogP contribution in [0.5, 0.6) is 5.75 Å². The van der Waals surface area contributed by atoms with Crippen molar-refractivity contribution in [1.29, 1.82) is 0 Å². The topological polar surface area (TPSA) is 20.2 Å². The van der Waals surface area contributed by atoms with E-state index in [0.29, 0.717) is 5.02 Å². The molecule has 2 aromatic carbocycles. The second kappa shape index (κ2) is 7.57. The van der Waals surface area contributed by atoms with Crippen molar-refractivity contribution in [3.8, 4) is 5.75 Å². The molecule has 0 aliphatic rings. The highest BCUT2D eigenvalue weighted by molar-refractivity contribution is 7.76. The number of aromatic hydroxyl groups is 1. The number of halogens is 2. The quantitative estimate of drug-likeness (QED) is 0.646. The third-order valence-electron chi connectivity index (χ3n) is 2.44. The number of phenolic OH excluding ortho intramolecular Hbond substituents is 1. The Morgan fingerprint density at radius 1 is 0.944 bits per heavy atom. The number of rotatable bonds is 4. The van der Waals surface area contributed by atoms with Gasteiger partial charge < -0.3 is 17.5 Å². The van der Waals surface area contributed by atoms with Crippen LogP contribution >= 0.6 is 11.6 Å². The highest BCUT2D eigenvalue weighted by atomic mass is 35.5. The van der Waals surface area contributed by atoms with Crippen LogP contribution in [-0.2, 0) is 23.3 Å². The van der Waals surface area contributed by atoms with Gasteiger partial charge in [0.05, 0.1) is 5.02 Å². The van der Waals surface area contributed by atoms with Gasteiger partial charge in [0.15, 0.2) is 0 Å². The van der Waals surface area contributed by atoms with Crippen molar-refractivity contribution in [2.45, 2.75) is 11.5 Å². The molecule has 1 nitrogen and oxygen atoms in total. The Kier molecular flexibility index (Phi) is 6.41. The van der Waals surface area contributed by atoms with E-state index in [-0.39, 0.29) is 18.2 Å². The molecule has 2 aromatic rings. The fourth-order valence-corrected chi connectivity index (χ4v) is 2.79. The number of phenols is 1. The maximum atomic E-state index is 9.31. The minimum absolute atomic E-state index is 0. The van der Waals surface area contributed by atoms with Crippen molar-refractivity contribution >= 4 is 23.4 Å². The average molecular weight is 301 g/mol.